The number of rotatable bonds is 9. The Kier molecular flexibility index (Phi) is 7.66. The molecule has 1 aliphatic heterocycles. The van der Waals surface area contributed by atoms with Gasteiger partial charge in [0.2, 0.25) is 0 Å². The first-order chi connectivity index (χ1) is 11.0. The number of carbonyl (C=O) groups is 2. The third-order valence-electron chi connectivity index (χ3n) is 5.43. The van der Waals surface area contributed by atoms with Gasteiger partial charge in [0.15, 0.2) is 8.32 Å². The zero-order valence-corrected chi connectivity index (χ0v) is 17.6. The number of esters is 1. The molecule has 0 saturated carbocycles. The fourth-order valence-corrected chi connectivity index (χ4v) is 3.71. The van der Waals surface area contributed by atoms with Crippen LogP contribution in [0.3, 0.4) is 0 Å². The fraction of sp³-hybridized carbons (Fsp3) is 0.895. The van der Waals surface area contributed by atoms with Crippen LogP contribution >= 0.6 is 0 Å². The van der Waals surface area contributed by atoms with Gasteiger partial charge < -0.3 is 9.16 Å². The smallest absolute Gasteiger partial charge is 0.316 e. The van der Waals surface area contributed by atoms with Crippen molar-refractivity contribution < 1.29 is 18.8 Å². The summed E-state index contributed by atoms with van der Waals surface area (Å²) in [5.74, 6) is -0.405. The third kappa shape index (κ3) is 5.99. The van der Waals surface area contributed by atoms with E-state index in [0.717, 1.165) is 19.3 Å². The molecule has 2 atom stereocenters. The SMILES string of the molecule is CC(C)CCCCC(=O)C1C(=O)OCC1CO[Si](C)(C)C(C)(C)C. The largest absolute Gasteiger partial charge is 0.465 e. The van der Waals surface area contributed by atoms with E-state index >= 15 is 0 Å². The van der Waals surface area contributed by atoms with E-state index in [1.807, 2.05) is 0 Å². The number of unbranched alkanes of at least 4 members (excludes halogenated alkanes) is 1. The first kappa shape index (κ1) is 21.4. The predicted molar refractivity (Wildman–Crippen MR) is 99.4 cm³/mol. The topological polar surface area (TPSA) is 52.6 Å². The number of Topliss-reactive ketones (excluding diaryl/α,β-unsaturated/α-hetero) is 1. The summed E-state index contributed by atoms with van der Waals surface area (Å²) in [6, 6.07) is 0. The molecule has 0 N–H and O–H groups in total. The van der Waals surface area contributed by atoms with Crippen LogP contribution in [-0.4, -0.2) is 33.3 Å². The van der Waals surface area contributed by atoms with Gasteiger partial charge in [-0.25, -0.2) is 0 Å². The number of carbonyl (C=O) groups excluding carboxylic acids is 2. The molecular formula is C19H36O4Si. The lowest BCUT2D eigenvalue weighted by molar-refractivity contribution is -0.144. The van der Waals surface area contributed by atoms with Crippen LogP contribution in [0, 0.1) is 17.8 Å². The van der Waals surface area contributed by atoms with Crippen LogP contribution in [0.1, 0.15) is 60.3 Å². The molecular weight excluding hydrogens is 320 g/mol. The molecule has 1 saturated heterocycles. The second kappa shape index (κ2) is 8.61. The van der Waals surface area contributed by atoms with Crippen molar-refractivity contribution in [2.75, 3.05) is 13.2 Å². The highest BCUT2D eigenvalue weighted by Gasteiger charge is 2.44. The third-order valence-corrected chi connectivity index (χ3v) is 9.93. The molecule has 0 radical (unpaired) electrons. The van der Waals surface area contributed by atoms with Gasteiger partial charge in [-0.2, -0.15) is 0 Å². The van der Waals surface area contributed by atoms with Crippen molar-refractivity contribution in [2.45, 2.75) is 78.4 Å². The maximum Gasteiger partial charge on any atom is 0.316 e. The number of ether oxygens (including phenoxy) is 1. The van der Waals surface area contributed by atoms with E-state index in [-0.39, 0.29) is 22.7 Å². The van der Waals surface area contributed by atoms with Crippen molar-refractivity contribution in [3.8, 4) is 0 Å². The van der Waals surface area contributed by atoms with Crippen LogP contribution in [-0.2, 0) is 18.8 Å². The van der Waals surface area contributed by atoms with Crippen LogP contribution < -0.4 is 0 Å². The lowest BCUT2D eigenvalue weighted by Crippen LogP contribution is -2.43. The van der Waals surface area contributed by atoms with Gasteiger partial charge in [0.1, 0.15) is 11.7 Å². The van der Waals surface area contributed by atoms with Crippen LogP contribution in [0.25, 0.3) is 0 Å². The van der Waals surface area contributed by atoms with E-state index < -0.39 is 14.2 Å². The zero-order valence-electron chi connectivity index (χ0n) is 16.6. The van der Waals surface area contributed by atoms with E-state index in [2.05, 4.69) is 47.7 Å². The Balaban J connectivity index is 2.55. The summed E-state index contributed by atoms with van der Waals surface area (Å²) >= 11 is 0. The lowest BCUT2D eigenvalue weighted by Gasteiger charge is -2.37. The van der Waals surface area contributed by atoms with Crippen molar-refractivity contribution in [1.29, 1.82) is 0 Å². The lowest BCUT2D eigenvalue weighted by atomic mass is 9.89. The van der Waals surface area contributed by atoms with Crippen molar-refractivity contribution in [3.05, 3.63) is 0 Å². The van der Waals surface area contributed by atoms with Crippen molar-refractivity contribution in [1.82, 2.24) is 0 Å². The maximum atomic E-state index is 12.5. The average Bonchev–Trinajstić information content (AvgIpc) is 2.81. The molecule has 1 heterocycles. The number of ketones is 1. The van der Waals surface area contributed by atoms with Gasteiger partial charge in [-0.05, 0) is 30.5 Å². The quantitative estimate of drug-likeness (QED) is 0.262. The molecule has 1 aliphatic rings. The summed E-state index contributed by atoms with van der Waals surface area (Å²) in [5, 5.41) is 0.118. The maximum absolute atomic E-state index is 12.5. The Morgan fingerprint density at radius 1 is 1.29 bits per heavy atom. The molecule has 1 fully saturated rings. The van der Waals surface area contributed by atoms with Gasteiger partial charge in [0, 0.05) is 18.9 Å². The van der Waals surface area contributed by atoms with Gasteiger partial charge in [0.25, 0.3) is 0 Å². The van der Waals surface area contributed by atoms with Crippen LogP contribution in [0.4, 0.5) is 0 Å². The van der Waals surface area contributed by atoms with Gasteiger partial charge in [0.05, 0.1) is 6.61 Å². The second-order valence-corrected chi connectivity index (χ2v) is 13.9. The minimum absolute atomic E-state index is 0.0325. The van der Waals surface area contributed by atoms with Crippen LogP contribution in [0.5, 0.6) is 0 Å². The minimum atomic E-state index is -1.88. The summed E-state index contributed by atoms with van der Waals surface area (Å²) in [6.45, 7) is 16.1. The minimum Gasteiger partial charge on any atom is -0.465 e. The highest BCUT2D eigenvalue weighted by molar-refractivity contribution is 6.74. The van der Waals surface area contributed by atoms with E-state index in [0.29, 0.717) is 25.6 Å². The molecule has 2 unspecified atom stereocenters. The van der Waals surface area contributed by atoms with Crippen molar-refractivity contribution >= 4 is 20.1 Å². The molecule has 0 aromatic rings. The summed E-state index contributed by atoms with van der Waals surface area (Å²) in [5.41, 5.74) is 0. The first-order valence-electron chi connectivity index (χ1n) is 9.29. The van der Waals surface area contributed by atoms with Crippen LogP contribution in [0.2, 0.25) is 18.1 Å². The Bertz CT molecular complexity index is 437. The predicted octanol–water partition coefficient (Wildman–Crippen LogP) is 4.58. The van der Waals surface area contributed by atoms with Gasteiger partial charge in [-0.1, -0.05) is 47.5 Å². The van der Waals surface area contributed by atoms with Gasteiger partial charge >= 0.3 is 5.97 Å². The molecule has 0 aromatic carbocycles. The molecule has 140 valence electrons. The number of hydrogen-bond donors (Lipinski definition) is 0. The molecule has 5 heteroatoms. The van der Waals surface area contributed by atoms with E-state index in [9.17, 15) is 9.59 Å². The fourth-order valence-electron chi connectivity index (χ4n) is 2.65. The summed E-state index contributed by atoms with van der Waals surface area (Å²) < 4.78 is 11.4. The standard InChI is InChI=1S/C19H36O4Si/c1-14(2)10-8-9-11-16(20)17-15(12-22-18(17)21)13-23-24(6,7)19(3,4)5/h14-15,17H,8-13H2,1-7H3. The highest BCUT2D eigenvalue weighted by atomic mass is 28.4. The van der Waals surface area contributed by atoms with E-state index in [1.54, 1.807) is 0 Å². The molecule has 0 aromatic heterocycles. The summed E-state index contributed by atoms with van der Waals surface area (Å²) in [7, 11) is -1.88. The molecule has 0 amide bonds. The zero-order chi connectivity index (χ0) is 18.5. The molecule has 0 spiro atoms. The van der Waals surface area contributed by atoms with Crippen molar-refractivity contribution in [2.24, 2.45) is 17.8 Å². The molecule has 1 rings (SSSR count). The second-order valence-electron chi connectivity index (χ2n) is 9.05. The average molecular weight is 357 g/mol. The number of cyclic esters (lactones) is 1. The Morgan fingerprint density at radius 3 is 2.46 bits per heavy atom. The Hall–Kier alpha value is -0.683. The summed E-state index contributed by atoms with van der Waals surface area (Å²) in [4.78, 5) is 24.5. The molecule has 4 nitrogen and oxygen atoms in total. The van der Waals surface area contributed by atoms with Gasteiger partial charge in [-0.15, -0.1) is 0 Å². The van der Waals surface area contributed by atoms with Crippen LogP contribution in [0.15, 0.2) is 0 Å². The molecule has 0 aliphatic carbocycles. The highest BCUT2D eigenvalue weighted by Crippen LogP contribution is 2.37. The Morgan fingerprint density at radius 2 is 1.92 bits per heavy atom. The molecule has 0 bridgehead atoms. The van der Waals surface area contributed by atoms with E-state index in [4.69, 9.17) is 9.16 Å². The van der Waals surface area contributed by atoms with Crippen molar-refractivity contribution in [3.63, 3.8) is 0 Å². The molecule has 24 heavy (non-hydrogen) atoms. The Labute approximate surface area is 148 Å². The van der Waals surface area contributed by atoms with E-state index in [1.165, 1.54) is 0 Å². The summed E-state index contributed by atoms with van der Waals surface area (Å²) in [6.07, 6.45) is 3.50. The number of hydrogen-bond acceptors (Lipinski definition) is 4. The monoisotopic (exact) mass is 356 g/mol. The normalized spacial score (nSPS) is 22.1. The van der Waals surface area contributed by atoms with Gasteiger partial charge in [-0.3, -0.25) is 9.59 Å². The first-order valence-corrected chi connectivity index (χ1v) is 12.2.